The number of hydrogen-bond acceptors (Lipinski definition) is 6. The van der Waals surface area contributed by atoms with Crippen molar-refractivity contribution < 1.29 is 26.4 Å². The van der Waals surface area contributed by atoms with E-state index in [-0.39, 0.29) is 16.4 Å². The van der Waals surface area contributed by atoms with Gasteiger partial charge in [-0.25, -0.2) is 21.1 Å². The fourth-order valence-corrected chi connectivity index (χ4v) is 6.03. The number of amides is 1. The van der Waals surface area contributed by atoms with Crippen molar-refractivity contribution in [2.75, 3.05) is 39.1 Å². The van der Waals surface area contributed by atoms with Gasteiger partial charge in [0, 0.05) is 32.9 Å². The molecule has 0 radical (unpaired) electrons. The number of aryl methyl sites for hydroxylation is 1. The number of hydrogen-bond donors (Lipinski definition) is 1. The second-order valence-electron chi connectivity index (χ2n) is 8.39. The van der Waals surface area contributed by atoms with E-state index in [0.29, 0.717) is 30.1 Å². The van der Waals surface area contributed by atoms with Crippen LogP contribution < -0.4 is 10.1 Å². The molecule has 11 heteroatoms. The van der Waals surface area contributed by atoms with E-state index >= 15 is 0 Å². The minimum Gasteiger partial charge on any atom is -0.484 e. The molecule has 0 unspecified atom stereocenters. The molecule has 1 amide bonds. The van der Waals surface area contributed by atoms with Crippen LogP contribution in [-0.4, -0.2) is 65.1 Å². The zero-order chi connectivity index (χ0) is 24.9. The highest BCUT2D eigenvalue weighted by Crippen LogP contribution is 2.24. The van der Waals surface area contributed by atoms with Crippen LogP contribution in [0.1, 0.15) is 31.2 Å². The summed E-state index contributed by atoms with van der Waals surface area (Å²) in [5, 5.41) is 2.67. The van der Waals surface area contributed by atoms with Crippen molar-refractivity contribution in [2.24, 2.45) is 0 Å². The second kappa shape index (κ2) is 10.9. The Morgan fingerprint density at radius 3 is 2.12 bits per heavy atom. The van der Waals surface area contributed by atoms with Crippen molar-refractivity contribution in [3.05, 3.63) is 48.0 Å². The van der Waals surface area contributed by atoms with Gasteiger partial charge in [-0.3, -0.25) is 4.79 Å². The van der Waals surface area contributed by atoms with E-state index in [1.165, 1.54) is 54.8 Å². The first kappa shape index (κ1) is 26.1. The van der Waals surface area contributed by atoms with Crippen LogP contribution in [0.3, 0.4) is 0 Å². The summed E-state index contributed by atoms with van der Waals surface area (Å²) in [4.78, 5) is 12.7. The topological polar surface area (TPSA) is 113 Å². The van der Waals surface area contributed by atoms with E-state index in [2.05, 4.69) is 5.32 Å². The molecule has 0 aliphatic carbocycles. The maximum Gasteiger partial charge on any atom is 0.262 e. The van der Waals surface area contributed by atoms with Gasteiger partial charge in [-0.2, -0.15) is 4.31 Å². The van der Waals surface area contributed by atoms with Crippen LogP contribution in [0.4, 0.5) is 5.69 Å². The number of rotatable bonds is 8. The fourth-order valence-electron chi connectivity index (χ4n) is 3.58. The van der Waals surface area contributed by atoms with Crippen molar-refractivity contribution in [3.63, 3.8) is 0 Å². The Morgan fingerprint density at radius 2 is 1.53 bits per heavy atom. The van der Waals surface area contributed by atoms with Gasteiger partial charge < -0.3 is 10.1 Å². The molecule has 1 aliphatic heterocycles. The lowest BCUT2D eigenvalue weighted by Crippen LogP contribution is -2.31. The summed E-state index contributed by atoms with van der Waals surface area (Å²) in [6.45, 7) is 2.49. The van der Waals surface area contributed by atoms with Crippen molar-refractivity contribution in [2.45, 2.75) is 42.4 Å². The molecular formula is C23H31N3O6S2. The van der Waals surface area contributed by atoms with Crippen molar-refractivity contribution in [1.82, 2.24) is 8.61 Å². The Bertz CT molecular complexity index is 1220. The zero-order valence-corrected chi connectivity index (χ0v) is 21.3. The number of ether oxygens (including phenoxy) is 1. The first-order chi connectivity index (χ1) is 16.0. The predicted molar refractivity (Wildman–Crippen MR) is 130 cm³/mol. The summed E-state index contributed by atoms with van der Waals surface area (Å²) < 4.78 is 58.6. The Morgan fingerprint density at radius 1 is 0.941 bits per heavy atom. The lowest BCUT2D eigenvalue weighted by molar-refractivity contribution is -0.118. The fraction of sp³-hybridized carbons (Fsp3) is 0.435. The van der Waals surface area contributed by atoms with E-state index in [1.807, 2.05) is 0 Å². The maximum absolute atomic E-state index is 12.9. The summed E-state index contributed by atoms with van der Waals surface area (Å²) >= 11 is 0. The molecule has 186 valence electrons. The molecule has 2 aromatic rings. The Labute approximate surface area is 201 Å². The van der Waals surface area contributed by atoms with Gasteiger partial charge in [0.25, 0.3) is 5.91 Å². The molecule has 3 rings (SSSR count). The third-order valence-electron chi connectivity index (χ3n) is 5.66. The largest absolute Gasteiger partial charge is 0.484 e. The average Bonchev–Trinajstić information content (AvgIpc) is 3.09. The molecule has 2 aromatic carbocycles. The molecule has 9 nitrogen and oxygen atoms in total. The van der Waals surface area contributed by atoms with Crippen LogP contribution in [0.2, 0.25) is 0 Å². The minimum absolute atomic E-state index is 0.0699. The molecule has 1 saturated heterocycles. The van der Waals surface area contributed by atoms with Gasteiger partial charge in [0.05, 0.1) is 9.79 Å². The molecule has 1 aliphatic rings. The first-order valence-corrected chi connectivity index (χ1v) is 14.0. The highest BCUT2D eigenvalue weighted by atomic mass is 32.2. The lowest BCUT2D eigenvalue weighted by atomic mass is 10.2. The number of carbonyl (C=O) groups excluding carboxylic acids is 1. The molecule has 0 spiro atoms. The van der Waals surface area contributed by atoms with Crippen LogP contribution in [0, 0.1) is 6.92 Å². The molecule has 1 fully saturated rings. The molecule has 1 heterocycles. The second-order valence-corrected chi connectivity index (χ2v) is 12.5. The van der Waals surface area contributed by atoms with Crippen LogP contribution in [0.5, 0.6) is 5.75 Å². The average molecular weight is 510 g/mol. The van der Waals surface area contributed by atoms with E-state index in [9.17, 15) is 21.6 Å². The molecule has 0 saturated carbocycles. The normalized spacial score (nSPS) is 15.6. The minimum atomic E-state index is -3.64. The summed E-state index contributed by atoms with van der Waals surface area (Å²) in [5.74, 6) is -0.116. The van der Waals surface area contributed by atoms with Crippen molar-refractivity contribution in [3.8, 4) is 5.75 Å². The van der Waals surface area contributed by atoms with Crippen LogP contribution >= 0.6 is 0 Å². The van der Waals surface area contributed by atoms with E-state index in [0.717, 1.165) is 30.0 Å². The van der Waals surface area contributed by atoms with Gasteiger partial charge in [-0.05, 0) is 61.7 Å². The van der Waals surface area contributed by atoms with Gasteiger partial charge in [-0.15, -0.1) is 0 Å². The standard InChI is InChI=1S/C23H31N3O6S2/c1-18-8-11-21(33(28,29)25(2)3)16-22(18)24-23(27)17-32-19-9-12-20(13-10-19)34(30,31)26-14-6-4-5-7-15-26/h8-13,16H,4-7,14-15,17H2,1-3H3,(H,24,27). The van der Waals surface area contributed by atoms with Crippen molar-refractivity contribution in [1.29, 1.82) is 0 Å². The highest BCUT2D eigenvalue weighted by molar-refractivity contribution is 7.89. The summed E-state index contributed by atoms with van der Waals surface area (Å²) in [6.07, 6.45) is 3.80. The van der Waals surface area contributed by atoms with Crippen LogP contribution in [0.25, 0.3) is 0 Å². The van der Waals surface area contributed by atoms with E-state index in [1.54, 1.807) is 13.0 Å². The highest BCUT2D eigenvalue weighted by Gasteiger charge is 2.25. The number of benzene rings is 2. The third kappa shape index (κ3) is 6.15. The molecule has 1 N–H and O–H groups in total. The van der Waals surface area contributed by atoms with Gasteiger partial charge in [-0.1, -0.05) is 18.9 Å². The Hall–Kier alpha value is -2.47. The SMILES string of the molecule is Cc1ccc(S(=O)(=O)N(C)C)cc1NC(=O)COc1ccc(S(=O)(=O)N2CCCCCC2)cc1. The van der Waals surface area contributed by atoms with Gasteiger partial charge in [0.15, 0.2) is 6.61 Å². The first-order valence-electron chi connectivity index (χ1n) is 11.1. The van der Waals surface area contributed by atoms with Gasteiger partial charge in [0.2, 0.25) is 20.0 Å². The third-order valence-corrected chi connectivity index (χ3v) is 9.38. The van der Waals surface area contributed by atoms with Gasteiger partial charge in [0.1, 0.15) is 5.75 Å². The number of nitrogens with zero attached hydrogens (tertiary/aromatic N) is 2. The molecule has 0 atom stereocenters. The smallest absolute Gasteiger partial charge is 0.262 e. The van der Waals surface area contributed by atoms with Gasteiger partial charge >= 0.3 is 0 Å². The molecule has 0 bridgehead atoms. The molecular weight excluding hydrogens is 478 g/mol. The molecule has 34 heavy (non-hydrogen) atoms. The number of nitrogens with one attached hydrogen (secondary N) is 1. The summed E-state index contributed by atoms with van der Waals surface area (Å²) in [5.41, 5.74) is 1.07. The van der Waals surface area contributed by atoms with Crippen LogP contribution in [-0.2, 0) is 24.8 Å². The van der Waals surface area contributed by atoms with Crippen molar-refractivity contribution >= 4 is 31.6 Å². The summed E-state index contributed by atoms with van der Waals surface area (Å²) in [6, 6.07) is 10.5. The monoisotopic (exact) mass is 509 g/mol. The molecule has 0 aromatic heterocycles. The van der Waals surface area contributed by atoms with E-state index < -0.39 is 26.0 Å². The Kier molecular flexibility index (Phi) is 8.34. The predicted octanol–water partition coefficient (Wildman–Crippen LogP) is 2.83. The number of sulfonamides is 2. The van der Waals surface area contributed by atoms with E-state index in [4.69, 9.17) is 4.74 Å². The quantitative estimate of drug-likeness (QED) is 0.586. The van der Waals surface area contributed by atoms with Crippen LogP contribution in [0.15, 0.2) is 52.3 Å². The zero-order valence-electron chi connectivity index (χ0n) is 19.7. The summed E-state index contributed by atoms with van der Waals surface area (Å²) in [7, 11) is -4.32. The number of carbonyl (C=O) groups is 1. The maximum atomic E-state index is 12.9. The Balaban J connectivity index is 1.62. The lowest BCUT2D eigenvalue weighted by Gasteiger charge is -2.20. The number of anilines is 1.